The molecule has 1 aliphatic heterocycles. The first kappa shape index (κ1) is 15.0. The van der Waals surface area contributed by atoms with Gasteiger partial charge in [-0.3, -0.25) is 0 Å². The van der Waals surface area contributed by atoms with Crippen LogP contribution in [0.2, 0.25) is 0 Å². The van der Waals surface area contributed by atoms with Crippen LogP contribution in [0.1, 0.15) is 26.1 Å². The van der Waals surface area contributed by atoms with Crippen LogP contribution in [0, 0.1) is 0 Å². The van der Waals surface area contributed by atoms with Crippen molar-refractivity contribution in [3.63, 3.8) is 0 Å². The maximum atomic E-state index is 5.55. The highest BCUT2D eigenvalue weighted by molar-refractivity contribution is 5.50. The quantitative estimate of drug-likeness (QED) is 0.855. The number of hydrogen-bond donors (Lipinski definition) is 1. The molecular weight excluding hydrogens is 256 g/mol. The zero-order valence-electron chi connectivity index (χ0n) is 12.6. The highest BCUT2D eigenvalue weighted by Gasteiger charge is 2.23. The fourth-order valence-corrected chi connectivity index (χ4v) is 2.31. The van der Waals surface area contributed by atoms with E-state index in [2.05, 4.69) is 27.1 Å². The molecule has 1 aromatic rings. The van der Waals surface area contributed by atoms with Crippen molar-refractivity contribution >= 4 is 11.6 Å². The van der Waals surface area contributed by atoms with Gasteiger partial charge in [-0.25, -0.2) is 9.97 Å². The Balaban J connectivity index is 2.24. The van der Waals surface area contributed by atoms with E-state index < -0.39 is 0 Å². The summed E-state index contributed by atoms with van der Waals surface area (Å²) in [6.45, 7) is 7.63. The molecule has 0 bridgehead atoms. The largest absolute Gasteiger partial charge is 0.377 e. The van der Waals surface area contributed by atoms with E-state index in [1.54, 1.807) is 0 Å². The van der Waals surface area contributed by atoms with Crippen LogP contribution in [0.5, 0.6) is 0 Å². The summed E-state index contributed by atoms with van der Waals surface area (Å²) in [5, 5.41) is 3.09. The SMILES string of the molecule is CCOCc1nc(NC)cc(N2CCOCC2CC)n1. The minimum atomic E-state index is 0.378. The fourth-order valence-electron chi connectivity index (χ4n) is 2.31. The predicted octanol–water partition coefficient (Wildman–Crippen LogP) is 1.67. The fraction of sp³-hybridized carbons (Fsp3) is 0.714. The Morgan fingerprint density at radius 2 is 2.30 bits per heavy atom. The maximum Gasteiger partial charge on any atom is 0.158 e. The van der Waals surface area contributed by atoms with E-state index >= 15 is 0 Å². The molecule has 2 heterocycles. The molecule has 1 aliphatic rings. The van der Waals surface area contributed by atoms with Gasteiger partial charge >= 0.3 is 0 Å². The zero-order valence-corrected chi connectivity index (χ0v) is 12.6. The molecule has 1 N–H and O–H groups in total. The number of anilines is 2. The summed E-state index contributed by atoms with van der Waals surface area (Å²) in [5.41, 5.74) is 0. The van der Waals surface area contributed by atoms with E-state index in [-0.39, 0.29) is 0 Å². The van der Waals surface area contributed by atoms with E-state index in [1.807, 2.05) is 20.0 Å². The molecule has 0 aromatic carbocycles. The molecule has 6 nitrogen and oxygen atoms in total. The topological polar surface area (TPSA) is 59.5 Å². The summed E-state index contributed by atoms with van der Waals surface area (Å²) >= 11 is 0. The van der Waals surface area contributed by atoms with Crippen molar-refractivity contribution in [3.8, 4) is 0 Å². The molecule has 1 fully saturated rings. The summed E-state index contributed by atoms with van der Waals surface area (Å²) < 4.78 is 11.0. The predicted molar refractivity (Wildman–Crippen MR) is 79.2 cm³/mol. The van der Waals surface area contributed by atoms with Gasteiger partial charge in [0, 0.05) is 26.3 Å². The first-order valence-corrected chi connectivity index (χ1v) is 7.26. The summed E-state index contributed by atoms with van der Waals surface area (Å²) in [7, 11) is 1.87. The van der Waals surface area contributed by atoms with Gasteiger partial charge in [0.1, 0.15) is 18.2 Å². The lowest BCUT2D eigenvalue weighted by Gasteiger charge is -2.36. The summed E-state index contributed by atoms with van der Waals surface area (Å²) in [6.07, 6.45) is 1.04. The number of nitrogens with one attached hydrogen (secondary N) is 1. The molecule has 1 unspecified atom stereocenters. The number of rotatable bonds is 6. The first-order chi connectivity index (χ1) is 9.78. The molecule has 0 spiro atoms. The third kappa shape index (κ3) is 3.58. The third-order valence-corrected chi connectivity index (χ3v) is 3.44. The molecule has 1 saturated heterocycles. The molecule has 0 radical (unpaired) electrons. The lowest BCUT2D eigenvalue weighted by molar-refractivity contribution is 0.0923. The average Bonchev–Trinajstić information content (AvgIpc) is 2.52. The van der Waals surface area contributed by atoms with Gasteiger partial charge in [0.05, 0.1) is 19.3 Å². The Hall–Kier alpha value is -1.40. The normalized spacial score (nSPS) is 19.1. The molecule has 1 atom stereocenters. The van der Waals surface area contributed by atoms with Crippen molar-refractivity contribution < 1.29 is 9.47 Å². The molecule has 1 aromatic heterocycles. The first-order valence-electron chi connectivity index (χ1n) is 7.26. The van der Waals surface area contributed by atoms with E-state index in [0.717, 1.165) is 43.6 Å². The second-order valence-corrected chi connectivity index (χ2v) is 4.75. The minimum absolute atomic E-state index is 0.378. The standard InChI is InChI=1S/C14H24N4O2/c1-4-11-9-20-7-6-18(11)14-8-12(15-3)16-13(17-14)10-19-5-2/h8,11H,4-7,9-10H2,1-3H3,(H,15,16,17). The monoisotopic (exact) mass is 280 g/mol. The second-order valence-electron chi connectivity index (χ2n) is 4.75. The van der Waals surface area contributed by atoms with Gasteiger partial charge in [0.25, 0.3) is 0 Å². The molecule has 0 aliphatic carbocycles. The zero-order chi connectivity index (χ0) is 14.4. The number of hydrogen-bond acceptors (Lipinski definition) is 6. The van der Waals surface area contributed by atoms with Crippen molar-refractivity contribution in [2.45, 2.75) is 32.9 Å². The van der Waals surface area contributed by atoms with Crippen LogP contribution in [0.3, 0.4) is 0 Å². The van der Waals surface area contributed by atoms with Gasteiger partial charge < -0.3 is 19.7 Å². The number of aromatic nitrogens is 2. The lowest BCUT2D eigenvalue weighted by Crippen LogP contribution is -2.45. The van der Waals surface area contributed by atoms with Gasteiger partial charge in [-0.1, -0.05) is 6.92 Å². The third-order valence-electron chi connectivity index (χ3n) is 3.44. The molecule has 0 amide bonds. The van der Waals surface area contributed by atoms with Crippen LogP contribution in [-0.2, 0) is 16.1 Å². The molecule has 20 heavy (non-hydrogen) atoms. The highest BCUT2D eigenvalue weighted by Crippen LogP contribution is 2.22. The van der Waals surface area contributed by atoms with Crippen LogP contribution in [0.4, 0.5) is 11.6 Å². The highest BCUT2D eigenvalue weighted by atomic mass is 16.5. The van der Waals surface area contributed by atoms with E-state index in [9.17, 15) is 0 Å². The summed E-state index contributed by atoms with van der Waals surface area (Å²) in [6, 6.07) is 2.37. The lowest BCUT2D eigenvalue weighted by atomic mass is 10.2. The Morgan fingerprint density at radius 3 is 3.00 bits per heavy atom. The Labute approximate surface area is 120 Å². The Bertz CT molecular complexity index is 428. The van der Waals surface area contributed by atoms with E-state index in [4.69, 9.17) is 9.47 Å². The van der Waals surface area contributed by atoms with Crippen molar-refractivity contribution in [1.82, 2.24) is 9.97 Å². The smallest absolute Gasteiger partial charge is 0.158 e. The van der Waals surface area contributed by atoms with Crippen LogP contribution >= 0.6 is 0 Å². The van der Waals surface area contributed by atoms with Gasteiger partial charge in [-0.05, 0) is 13.3 Å². The summed E-state index contributed by atoms with van der Waals surface area (Å²) in [5.74, 6) is 2.50. The average molecular weight is 280 g/mol. The van der Waals surface area contributed by atoms with Crippen LogP contribution in [-0.4, -0.2) is 49.4 Å². The summed E-state index contributed by atoms with van der Waals surface area (Å²) in [4.78, 5) is 11.4. The maximum absolute atomic E-state index is 5.55. The van der Waals surface area contributed by atoms with Crippen molar-refractivity contribution in [2.24, 2.45) is 0 Å². The van der Waals surface area contributed by atoms with Crippen molar-refractivity contribution in [3.05, 3.63) is 11.9 Å². The number of ether oxygens (including phenoxy) is 2. The van der Waals surface area contributed by atoms with Crippen LogP contribution in [0.25, 0.3) is 0 Å². The van der Waals surface area contributed by atoms with Gasteiger partial charge in [0.15, 0.2) is 5.82 Å². The van der Waals surface area contributed by atoms with E-state index in [1.165, 1.54) is 0 Å². The van der Waals surface area contributed by atoms with Gasteiger partial charge in [0.2, 0.25) is 0 Å². The van der Waals surface area contributed by atoms with Crippen molar-refractivity contribution in [2.75, 3.05) is 43.6 Å². The minimum Gasteiger partial charge on any atom is -0.377 e. The molecule has 6 heteroatoms. The van der Waals surface area contributed by atoms with E-state index in [0.29, 0.717) is 19.3 Å². The molecular formula is C14H24N4O2. The van der Waals surface area contributed by atoms with Crippen molar-refractivity contribution in [1.29, 1.82) is 0 Å². The van der Waals surface area contributed by atoms with Crippen LogP contribution < -0.4 is 10.2 Å². The molecule has 0 saturated carbocycles. The Morgan fingerprint density at radius 1 is 1.45 bits per heavy atom. The molecule has 2 rings (SSSR count). The van der Waals surface area contributed by atoms with Gasteiger partial charge in [-0.2, -0.15) is 0 Å². The number of nitrogens with zero attached hydrogens (tertiary/aromatic N) is 3. The molecule has 112 valence electrons. The number of morpholine rings is 1. The Kier molecular flexibility index (Phi) is 5.55. The van der Waals surface area contributed by atoms with Crippen LogP contribution in [0.15, 0.2) is 6.07 Å². The second kappa shape index (κ2) is 7.40. The van der Waals surface area contributed by atoms with Gasteiger partial charge in [-0.15, -0.1) is 0 Å².